The molecule has 1 aromatic heterocycles. The first-order valence-electron chi connectivity index (χ1n) is 6.68. The number of nitrogens with zero attached hydrogens (tertiary/aromatic N) is 1. The molecule has 0 spiro atoms. The Morgan fingerprint density at radius 3 is 2.68 bits per heavy atom. The van der Waals surface area contributed by atoms with Crippen molar-refractivity contribution in [3.8, 4) is 5.75 Å². The van der Waals surface area contributed by atoms with Gasteiger partial charge in [0, 0.05) is 31.9 Å². The molecule has 0 atom stereocenters. The van der Waals surface area contributed by atoms with Crippen molar-refractivity contribution in [3.05, 3.63) is 48.0 Å². The Kier molecular flexibility index (Phi) is 4.98. The van der Waals surface area contributed by atoms with E-state index in [2.05, 4.69) is 27.4 Å². The first-order chi connectivity index (χ1) is 9.24. The lowest BCUT2D eigenvalue weighted by molar-refractivity contribution is 0.242. The number of nitrogens with one attached hydrogen (secondary N) is 2. The minimum Gasteiger partial charge on any atom is -0.491 e. The molecule has 0 bridgehead atoms. The van der Waals surface area contributed by atoms with Gasteiger partial charge < -0.3 is 15.0 Å². The highest BCUT2D eigenvalue weighted by Gasteiger charge is 1.98. The van der Waals surface area contributed by atoms with Gasteiger partial charge in [-0.25, -0.2) is 4.98 Å². The molecule has 0 aliphatic rings. The van der Waals surface area contributed by atoms with Crippen LogP contribution in [-0.2, 0) is 13.0 Å². The molecular formula is C15H21N3O. The molecule has 0 radical (unpaired) electrons. The molecule has 4 nitrogen and oxygen atoms in total. The molecule has 19 heavy (non-hydrogen) atoms. The van der Waals surface area contributed by atoms with Crippen molar-refractivity contribution in [3.63, 3.8) is 0 Å². The molecule has 0 amide bonds. The Balaban J connectivity index is 1.71. The van der Waals surface area contributed by atoms with Crippen molar-refractivity contribution in [1.82, 2.24) is 15.3 Å². The van der Waals surface area contributed by atoms with E-state index in [-0.39, 0.29) is 6.10 Å². The number of rotatable bonds is 7. The molecule has 1 heterocycles. The summed E-state index contributed by atoms with van der Waals surface area (Å²) >= 11 is 0. The summed E-state index contributed by atoms with van der Waals surface area (Å²) < 4.78 is 5.61. The molecule has 0 aliphatic carbocycles. The second kappa shape index (κ2) is 6.95. The highest BCUT2D eigenvalue weighted by atomic mass is 16.5. The van der Waals surface area contributed by atoms with Gasteiger partial charge in [0.1, 0.15) is 11.6 Å². The summed E-state index contributed by atoms with van der Waals surface area (Å²) in [7, 11) is 0. The summed E-state index contributed by atoms with van der Waals surface area (Å²) in [5, 5.41) is 3.40. The van der Waals surface area contributed by atoms with Crippen LogP contribution in [0, 0.1) is 0 Å². The van der Waals surface area contributed by atoms with Gasteiger partial charge in [-0.2, -0.15) is 0 Å². The Morgan fingerprint density at radius 2 is 2.05 bits per heavy atom. The van der Waals surface area contributed by atoms with E-state index in [1.54, 1.807) is 6.20 Å². The van der Waals surface area contributed by atoms with Crippen LogP contribution in [0.3, 0.4) is 0 Å². The van der Waals surface area contributed by atoms with E-state index in [0.717, 1.165) is 31.1 Å². The number of aromatic amines is 1. The largest absolute Gasteiger partial charge is 0.491 e. The fourth-order valence-corrected chi connectivity index (χ4v) is 1.83. The van der Waals surface area contributed by atoms with Crippen LogP contribution >= 0.6 is 0 Å². The topological polar surface area (TPSA) is 49.9 Å². The van der Waals surface area contributed by atoms with Gasteiger partial charge in [-0.05, 0) is 31.5 Å². The lowest BCUT2D eigenvalue weighted by Crippen LogP contribution is -2.17. The van der Waals surface area contributed by atoms with Crippen molar-refractivity contribution in [2.24, 2.45) is 0 Å². The summed E-state index contributed by atoms with van der Waals surface area (Å²) in [4.78, 5) is 7.28. The zero-order valence-corrected chi connectivity index (χ0v) is 11.5. The maximum Gasteiger partial charge on any atom is 0.119 e. The van der Waals surface area contributed by atoms with E-state index in [1.807, 2.05) is 32.2 Å². The van der Waals surface area contributed by atoms with Crippen LogP contribution in [0.1, 0.15) is 25.2 Å². The first kappa shape index (κ1) is 13.6. The van der Waals surface area contributed by atoms with Crippen molar-refractivity contribution >= 4 is 0 Å². The zero-order valence-electron chi connectivity index (χ0n) is 11.5. The lowest BCUT2D eigenvalue weighted by Gasteiger charge is -2.10. The predicted octanol–water partition coefficient (Wildman–Crippen LogP) is 2.53. The average Bonchev–Trinajstić information content (AvgIpc) is 2.89. The SMILES string of the molecule is CC(C)Oc1ccc(CNCCc2ncc[nH]2)cc1. The number of benzene rings is 1. The molecule has 1 aromatic carbocycles. The third-order valence-electron chi connectivity index (χ3n) is 2.72. The average molecular weight is 259 g/mol. The van der Waals surface area contributed by atoms with E-state index < -0.39 is 0 Å². The van der Waals surface area contributed by atoms with E-state index in [1.165, 1.54) is 5.56 Å². The molecule has 2 N–H and O–H groups in total. The molecule has 0 aliphatic heterocycles. The summed E-state index contributed by atoms with van der Waals surface area (Å²) in [6.07, 6.45) is 4.77. The number of aromatic nitrogens is 2. The van der Waals surface area contributed by atoms with E-state index in [9.17, 15) is 0 Å². The van der Waals surface area contributed by atoms with Crippen molar-refractivity contribution < 1.29 is 4.74 Å². The van der Waals surface area contributed by atoms with Gasteiger partial charge in [-0.3, -0.25) is 0 Å². The Bertz CT molecular complexity index is 463. The minimum absolute atomic E-state index is 0.220. The number of hydrogen-bond acceptors (Lipinski definition) is 3. The van der Waals surface area contributed by atoms with Gasteiger partial charge in [0.05, 0.1) is 6.10 Å². The maximum absolute atomic E-state index is 5.61. The first-order valence-corrected chi connectivity index (χ1v) is 6.68. The quantitative estimate of drug-likeness (QED) is 0.751. The Morgan fingerprint density at radius 1 is 1.26 bits per heavy atom. The fraction of sp³-hybridized carbons (Fsp3) is 0.400. The van der Waals surface area contributed by atoms with Crippen LogP contribution in [0.5, 0.6) is 5.75 Å². The summed E-state index contributed by atoms with van der Waals surface area (Å²) in [5.41, 5.74) is 1.26. The number of ether oxygens (including phenoxy) is 1. The predicted molar refractivity (Wildman–Crippen MR) is 76.2 cm³/mol. The maximum atomic E-state index is 5.61. The molecule has 0 fully saturated rings. The van der Waals surface area contributed by atoms with Gasteiger partial charge in [0.25, 0.3) is 0 Å². The Hall–Kier alpha value is -1.81. The van der Waals surface area contributed by atoms with Gasteiger partial charge in [0.15, 0.2) is 0 Å². The molecule has 102 valence electrons. The summed E-state index contributed by atoms with van der Waals surface area (Å²) in [5.74, 6) is 1.95. The molecule has 0 unspecified atom stereocenters. The van der Waals surface area contributed by atoms with Crippen LogP contribution in [0.4, 0.5) is 0 Å². The Labute approximate surface area is 114 Å². The third kappa shape index (κ3) is 4.75. The van der Waals surface area contributed by atoms with Crippen LogP contribution in [0.25, 0.3) is 0 Å². The standard InChI is InChI=1S/C15H21N3O/c1-12(2)19-14-5-3-13(4-6-14)11-16-8-7-15-17-9-10-18-15/h3-6,9-10,12,16H,7-8,11H2,1-2H3,(H,17,18). The lowest BCUT2D eigenvalue weighted by atomic mass is 10.2. The van der Waals surface area contributed by atoms with E-state index >= 15 is 0 Å². The third-order valence-corrected chi connectivity index (χ3v) is 2.72. The highest BCUT2D eigenvalue weighted by molar-refractivity contribution is 5.27. The molecule has 4 heteroatoms. The number of H-pyrrole nitrogens is 1. The van der Waals surface area contributed by atoms with E-state index in [0.29, 0.717) is 0 Å². The molecular weight excluding hydrogens is 238 g/mol. The van der Waals surface area contributed by atoms with Gasteiger partial charge >= 0.3 is 0 Å². The smallest absolute Gasteiger partial charge is 0.119 e. The summed E-state index contributed by atoms with van der Waals surface area (Å²) in [6.45, 7) is 5.84. The van der Waals surface area contributed by atoms with Gasteiger partial charge in [-0.15, -0.1) is 0 Å². The number of imidazole rings is 1. The molecule has 2 aromatic rings. The second-order valence-electron chi connectivity index (χ2n) is 4.77. The fourth-order valence-electron chi connectivity index (χ4n) is 1.83. The normalized spacial score (nSPS) is 10.9. The zero-order chi connectivity index (χ0) is 13.5. The monoisotopic (exact) mass is 259 g/mol. The van der Waals surface area contributed by atoms with E-state index in [4.69, 9.17) is 4.74 Å². The van der Waals surface area contributed by atoms with Crippen LogP contribution < -0.4 is 10.1 Å². The highest BCUT2D eigenvalue weighted by Crippen LogP contribution is 2.13. The van der Waals surface area contributed by atoms with Crippen LogP contribution in [-0.4, -0.2) is 22.6 Å². The van der Waals surface area contributed by atoms with Crippen LogP contribution in [0.15, 0.2) is 36.7 Å². The van der Waals surface area contributed by atoms with Crippen LogP contribution in [0.2, 0.25) is 0 Å². The van der Waals surface area contributed by atoms with Crippen molar-refractivity contribution in [2.75, 3.05) is 6.54 Å². The molecule has 0 saturated carbocycles. The molecule has 2 rings (SSSR count). The molecule has 0 saturated heterocycles. The van der Waals surface area contributed by atoms with Crippen molar-refractivity contribution in [1.29, 1.82) is 0 Å². The minimum atomic E-state index is 0.220. The van der Waals surface area contributed by atoms with Gasteiger partial charge in [-0.1, -0.05) is 12.1 Å². The summed E-state index contributed by atoms with van der Waals surface area (Å²) in [6, 6.07) is 8.22. The second-order valence-corrected chi connectivity index (χ2v) is 4.77. The van der Waals surface area contributed by atoms with Crippen molar-refractivity contribution in [2.45, 2.75) is 32.9 Å². The number of hydrogen-bond donors (Lipinski definition) is 2. The van der Waals surface area contributed by atoms with Gasteiger partial charge in [0.2, 0.25) is 0 Å².